The van der Waals surface area contributed by atoms with E-state index >= 15 is 0 Å². The van der Waals surface area contributed by atoms with E-state index < -0.39 is 0 Å². The first-order valence-corrected chi connectivity index (χ1v) is 7.99. The molecule has 4 rings (SSSR count). The second-order valence-electron chi connectivity index (χ2n) is 6.44. The predicted octanol–water partition coefficient (Wildman–Crippen LogP) is 3.48. The molecule has 3 unspecified atom stereocenters. The molecule has 2 aromatic rings. The van der Waals surface area contributed by atoms with E-state index in [2.05, 4.69) is 54.0 Å². The van der Waals surface area contributed by atoms with Crippen LogP contribution in [0.2, 0.25) is 0 Å². The molecule has 2 aliphatic rings. The lowest BCUT2D eigenvalue weighted by molar-refractivity contribution is 0.487. The van der Waals surface area contributed by atoms with Crippen LogP contribution in [0.3, 0.4) is 0 Å². The highest BCUT2D eigenvalue weighted by molar-refractivity contribution is 5.38. The Labute approximate surface area is 126 Å². The molecule has 0 aromatic heterocycles. The molecule has 0 aliphatic heterocycles. The van der Waals surface area contributed by atoms with Gasteiger partial charge >= 0.3 is 0 Å². The van der Waals surface area contributed by atoms with Crippen LogP contribution in [-0.2, 0) is 12.8 Å². The van der Waals surface area contributed by atoms with Crippen molar-refractivity contribution >= 4 is 0 Å². The Morgan fingerprint density at radius 2 is 1.81 bits per heavy atom. The van der Waals surface area contributed by atoms with Gasteiger partial charge in [-0.3, -0.25) is 11.3 Å². The minimum absolute atomic E-state index is 0.279. The fourth-order valence-corrected chi connectivity index (χ4v) is 3.92. The molecule has 0 amide bonds. The number of nitrogens with one attached hydrogen (secondary N) is 1. The molecule has 3 N–H and O–H groups in total. The van der Waals surface area contributed by atoms with Crippen molar-refractivity contribution in [2.45, 2.75) is 37.6 Å². The fourth-order valence-electron chi connectivity index (χ4n) is 3.92. The molecule has 1 saturated carbocycles. The van der Waals surface area contributed by atoms with Crippen molar-refractivity contribution in [3.05, 3.63) is 70.8 Å². The molecule has 0 bridgehead atoms. The lowest BCUT2D eigenvalue weighted by Crippen LogP contribution is -2.30. The van der Waals surface area contributed by atoms with E-state index in [-0.39, 0.29) is 6.04 Å². The Morgan fingerprint density at radius 1 is 1.00 bits per heavy atom. The largest absolute Gasteiger partial charge is 0.271 e. The minimum atomic E-state index is 0.279. The van der Waals surface area contributed by atoms with Crippen molar-refractivity contribution in [1.29, 1.82) is 0 Å². The second-order valence-corrected chi connectivity index (χ2v) is 6.44. The monoisotopic (exact) mass is 278 g/mol. The number of benzene rings is 2. The number of hydrogen-bond donors (Lipinski definition) is 2. The first kappa shape index (κ1) is 13.1. The maximum absolute atomic E-state index is 5.88. The minimum Gasteiger partial charge on any atom is -0.271 e. The SMILES string of the molecule is NNC(c1ccc2c(c1)CCC2)C1CC1c1ccccc1. The molecular formula is C19H22N2. The summed E-state index contributed by atoms with van der Waals surface area (Å²) in [6.45, 7) is 0. The van der Waals surface area contributed by atoms with Crippen LogP contribution in [0.1, 0.15) is 47.1 Å². The van der Waals surface area contributed by atoms with E-state index in [1.54, 1.807) is 0 Å². The summed E-state index contributed by atoms with van der Waals surface area (Å²) >= 11 is 0. The summed E-state index contributed by atoms with van der Waals surface area (Å²) in [6, 6.07) is 18.1. The zero-order chi connectivity index (χ0) is 14.2. The van der Waals surface area contributed by atoms with Gasteiger partial charge in [-0.15, -0.1) is 0 Å². The summed E-state index contributed by atoms with van der Waals surface area (Å²) in [6.07, 6.45) is 5.01. The van der Waals surface area contributed by atoms with Crippen molar-refractivity contribution in [3.63, 3.8) is 0 Å². The molecule has 3 atom stereocenters. The van der Waals surface area contributed by atoms with Gasteiger partial charge in [0.05, 0.1) is 0 Å². The van der Waals surface area contributed by atoms with Crippen LogP contribution in [-0.4, -0.2) is 0 Å². The van der Waals surface area contributed by atoms with E-state index in [4.69, 9.17) is 5.84 Å². The summed E-state index contributed by atoms with van der Waals surface area (Å²) < 4.78 is 0. The Hall–Kier alpha value is -1.64. The van der Waals surface area contributed by atoms with Gasteiger partial charge in [0.15, 0.2) is 0 Å². The fraction of sp³-hybridized carbons (Fsp3) is 0.368. The number of rotatable bonds is 4. The van der Waals surface area contributed by atoms with E-state index in [1.165, 1.54) is 47.9 Å². The van der Waals surface area contributed by atoms with Crippen molar-refractivity contribution < 1.29 is 0 Å². The molecule has 2 aliphatic carbocycles. The van der Waals surface area contributed by atoms with Crippen molar-refractivity contribution in [3.8, 4) is 0 Å². The lowest BCUT2D eigenvalue weighted by atomic mass is 9.96. The van der Waals surface area contributed by atoms with Gasteiger partial charge < -0.3 is 0 Å². The van der Waals surface area contributed by atoms with E-state index in [0.29, 0.717) is 11.8 Å². The third-order valence-corrected chi connectivity index (χ3v) is 5.16. The van der Waals surface area contributed by atoms with Gasteiger partial charge in [-0.05, 0) is 59.8 Å². The topological polar surface area (TPSA) is 38.0 Å². The first-order valence-electron chi connectivity index (χ1n) is 7.99. The highest BCUT2D eigenvalue weighted by Crippen LogP contribution is 2.53. The van der Waals surface area contributed by atoms with Gasteiger partial charge in [-0.2, -0.15) is 0 Å². The van der Waals surface area contributed by atoms with E-state index in [9.17, 15) is 0 Å². The average molecular weight is 278 g/mol. The van der Waals surface area contributed by atoms with Crippen LogP contribution in [0.15, 0.2) is 48.5 Å². The predicted molar refractivity (Wildman–Crippen MR) is 85.8 cm³/mol. The number of fused-ring (bicyclic) bond motifs is 1. The quantitative estimate of drug-likeness (QED) is 0.664. The third-order valence-electron chi connectivity index (χ3n) is 5.16. The van der Waals surface area contributed by atoms with Gasteiger partial charge in [0, 0.05) is 6.04 Å². The van der Waals surface area contributed by atoms with Crippen LogP contribution in [0.5, 0.6) is 0 Å². The zero-order valence-corrected chi connectivity index (χ0v) is 12.3. The molecule has 0 radical (unpaired) electrons. The Kier molecular flexibility index (Phi) is 3.28. The van der Waals surface area contributed by atoms with Gasteiger partial charge in [0.1, 0.15) is 0 Å². The molecule has 2 nitrogen and oxygen atoms in total. The van der Waals surface area contributed by atoms with E-state index in [0.717, 1.165) is 0 Å². The number of hydrazine groups is 1. The summed E-state index contributed by atoms with van der Waals surface area (Å²) in [5.41, 5.74) is 8.95. The number of hydrogen-bond acceptors (Lipinski definition) is 2. The highest BCUT2D eigenvalue weighted by atomic mass is 15.2. The molecule has 2 heteroatoms. The Morgan fingerprint density at radius 3 is 2.62 bits per heavy atom. The number of aryl methyl sites for hydroxylation is 2. The van der Waals surface area contributed by atoms with Crippen LogP contribution in [0.25, 0.3) is 0 Å². The number of nitrogens with two attached hydrogens (primary N) is 1. The molecule has 0 heterocycles. The summed E-state index contributed by atoms with van der Waals surface area (Å²) in [5.74, 6) is 7.16. The summed E-state index contributed by atoms with van der Waals surface area (Å²) in [7, 11) is 0. The van der Waals surface area contributed by atoms with Gasteiger partial charge in [0.25, 0.3) is 0 Å². The normalized spacial score (nSPS) is 24.6. The van der Waals surface area contributed by atoms with Crippen LogP contribution >= 0.6 is 0 Å². The van der Waals surface area contributed by atoms with Gasteiger partial charge in [-0.1, -0.05) is 48.5 Å². The maximum atomic E-state index is 5.88. The summed E-state index contributed by atoms with van der Waals surface area (Å²) in [4.78, 5) is 0. The Bertz CT molecular complexity index is 635. The first-order chi connectivity index (χ1) is 10.4. The molecule has 21 heavy (non-hydrogen) atoms. The highest BCUT2D eigenvalue weighted by Gasteiger charge is 2.44. The molecule has 108 valence electrons. The van der Waals surface area contributed by atoms with Crippen molar-refractivity contribution in [1.82, 2.24) is 5.43 Å². The van der Waals surface area contributed by atoms with Gasteiger partial charge in [0.2, 0.25) is 0 Å². The van der Waals surface area contributed by atoms with Gasteiger partial charge in [-0.25, -0.2) is 0 Å². The zero-order valence-electron chi connectivity index (χ0n) is 12.3. The molecular weight excluding hydrogens is 256 g/mol. The van der Waals surface area contributed by atoms with Crippen LogP contribution in [0, 0.1) is 5.92 Å². The van der Waals surface area contributed by atoms with Crippen molar-refractivity contribution in [2.24, 2.45) is 11.8 Å². The smallest absolute Gasteiger partial charge is 0.0494 e. The maximum Gasteiger partial charge on any atom is 0.0494 e. The molecule has 0 saturated heterocycles. The van der Waals surface area contributed by atoms with E-state index in [1.807, 2.05) is 0 Å². The molecule has 1 fully saturated rings. The average Bonchev–Trinajstić information content (AvgIpc) is 3.17. The van der Waals surface area contributed by atoms with Crippen LogP contribution in [0.4, 0.5) is 0 Å². The third kappa shape index (κ3) is 2.39. The molecule has 2 aromatic carbocycles. The lowest BCUT2D eigenvalue weighted by Gasteiger charge is -2.18. The Balaban J connectivity index is 1.56. The van der Waals surface area contributed by atoms with Crippen LogP contribution < -0.4 is 11.3 Å². The molecule has 0 spiro atoms. The second kappa shape index (κ2) is 5.28. The summed E-state index contributed by atoms with van der Waals surface area (Å²) in [5, 5.41) is 0. The van der Waals surface area contributed by atoms with Crippen molar-refractivity contribution in [2.75, 3.05) is 0 Å². The standard InChI is InChI=1S/C19H22N2/c20-21-19(16-10-9-13-7-4-8-15(13)11-16)18-12-17(18)14-5-2-1-3-6-14/h1-3,5-6,9-11,17-19,21H,4,7-8,12,20H2.